The van der Waals surface area contributed by atoms with Crippen LogP contribution in [0.4, 0.5) is 5.82 Å². The van der Waals surface area contributed by atoms with E-state index in [0.717, 1.165) is 16.8 Å². The van der Waals surface area contributed by atoms with Crippen LogP contribution in [0.5, 0.6) is 0 Å². The molecule has 0 fully saturated rings. The molecule has 0 spiro atoms. The van der Waals surface area contributed by atoms with Crippen LogP contribution >= 0.6 is 0 Å². The maximum atomic E-state index is 12.8. The first kappa shape index (κ1) is 15.7. The number of carbonyl (C=O) groups is 1. The summed E-state index contributed by atoms with van der Waals surface area (Å²) >= 11 is 0. The van der Waals surface area contributed by atoms with Gasteiger partial charge in [-0.25, -0.2) is 4.98 Å². The molecule has 24 heavy (non-hydrogen) atoms. The maximum Gasteiger partial charge on any atom is 0.257 e. The van der Waals surface area contributed by atoms with Crippen molar-refractivity contribution in [3.05, 3.63) is 95.7 Å². The fourth-order valence-corrected chi connectivity index (χ4v) is 2.41. The van der Waals surface area contributed by atoms with Crippen molar-refractivity contribution in [3.63, 3.8) is 0 Å². The Morgan fingerprint density at radius 2 is 1.54 bits per heavy atom. The molecule has 1 heterocycles. The van der Waals surface area contributed by atoms with Gasteiger partial charge in [0.25, 0.3) is 5.91 Å². The molecule has 0 aliphatic rings. The minimum atomic E-state index is -0.178. The van der Waals surface area contributed by atoms with E-state index < -0.39 is 0 Å². The summed E-state index contributed by atoms with van der Waals surface area (Å²) < 4.78 is 0. The topological polar surface area (TPSA) is 42.0 Å². The molecule has 0 saturated carbocycles. The molecule has 3 aromatic rings. The number of amides is 1. The zero-order chi connectivity index (χ0) is 16.8. The summed E-state index contributed by atoms with van der Waals surface area (Å²) in [6.45, 7) is 1.90. The highest BCUT2D eigenvalue weighted by Crippen LogP contribution is 2.20. The number of hydrogen-bond acceptors (Lipinski definition) is 2. The van der Waals surface area contributed by atoms with E-state index in [0.29, 0.717) is 11.4 Å². The Bertz CT molecular complexity index is 855. The number of carbonyl (C=O) groups excluding carboxylic acids is 1. The maximum absolute atomic E-state index is 12.8. The molecule has 3 rings (SSSR count). The van der Waals surface area contributed by atoms with Gasteiger partial charge in [-0.3, -0.25) is 4.79 Å². The first-order valence-electron chi connectivity index (χ1n) is 7.79. The molecule has 0 aliphatic heterocycles. The van der Waals surface area contributed by atoms with Crippen LogP contribution < -0.4 is 5.32 Å². The van der Waals surface area contributed by atoms with Crippen molar-refractivity contribution in [1.29, 1.82) is 0 Å². The standard InChI is InChI=1S/C21H18N2O/c1-16-9-8-14-20(22-16)23-21(24)19(18-12-6-3-7-13-18)15-17-10-4-2-5-11-17/h2-15H,1H3,(H,22,23,24). The fraction of sp³-hybridized carbons (Fsp3) is 0.0476. The van der Waals surface area contributed by atoms with E-state index in [4.69, 9.17) is 0 Å². The van der Waals surface area contributed by atoms with E-state index in [-0.39, 0.29) is 5.91 Å². The second kappa shape index (κ2) is 7.38. The number of nitrogens with zero attached hydrogens (tertiary/aromatic N) is 1. The molecule has 3 heteroatoms. The van der Waals surface area contributed by atoms with Gasteiger partial charge in [0.2, 0.25) is 0 Å². The first-order valence-corrected chi connectivity index (χ1v) is 7.79. The molecular formula is C21H18N2O. The van der Waals surface area contributed by atoms with Gasteiger partial charge in [-0.15, -0.1) is 0 Å². The van der Waals surface area contributed by atoms with Gasteiger partial charge >= 0.3 is 0 Å². The van der Waals surface area contributed by atoms with Gasteiger partial charge in [-0.1, -0.05) is 66.7 Å². The quantitative estimate of drug-likeness (QED) is 0.566. The van der Waals surface area contributed by atoms with Gasteiger partial charge in [0.1, 0.15) is 5.82 Å². The summed E-state index contributed by atoms with van der Waals surface area (Å²) in [4.78, 5) is 17.1. The van der Waals surface area contributed by atoms with Crippen molar-refractivity contribution >= 4 is 23.4 Å². The third kappa shape index (κ3) is 3.96. The van der Waals surface area contributed by atoms with Crippen LogP contribution in [-0.2, 0) is 4.79 Å². The van der Waals surface area contributed by atoms with Crippen LogP contribution in [0.3, 0.4) is 0 Å². The van der Waals surface area contributed by atoms with Crippen LogP contribution in [0.25, 0.3) is 11.6 Å². The average molecular weight is 314 g/mol. The van der Waals surface area contributed by atoms with Crippen molar-refractivity contribution in [2.45, 2.75) is 6.92 Å². The van der Waals surface area contributed by atoms with Crippen LogP contribution in [0.15, 0.2) is 78.9 Å². The Balaban J connectivity index is 1.95. The van der Waals surface area contributed by atoms with Gasteiger partial charge in [-0.05, 0) is 36.3 Å². The molecule has 3 nitrogen and oxygen atoms in total. The Morgan fingerprint density at radius 3 is 2.21 bits per heavy atom. The molecule has 1 N–H and O–H groups in total. The summed E-state index contributed by atoms with van der Waals surface area (Å²) in [6.07, 6.45) is 1.89. The molecule has 0 atom stereocenters. The van der Waals surface area contributed by atoms with E-state index in [2.05, 4.69) is 10.3 Å². The highest BCUT2D eigenvalue weighted by atomic mass is 16.1. The predicted octanol–water partition coefficient (Wildman–Crippen LogP) is 4.57. The number of pyridine rings is 1. The highest BCUT2D eigenvalue weighted by Gasteiger charge is 2.13. The molecular weight excluding hydrogens is 296 g/mol. The lowest BCUT2D eigenvalue weighted by atomic mass is 10.0. The fourth-order valence-electron chi connectivity index (χ4n) is 2.41. The minimum Gasteiger partial charge on any atom is -0.307 e. The minimum absolute atomic E-state index is 0.178. The lowest BCUT2D eigenvalue weighted by Crippen LogP contribution is -2.14. The van der Waals surface area contributed by atoms with E-state index in [1.807, 2.05) is 85.8 Å². The Morgan fingerprint density at radius 1 is 0.875 bits per heavy atom. The van der Waals surface area contributed by atoms with Gasteiger partial charge < -0.3 is 5.32 Å². The second-order valence-electron chi connectivity index (χ2n) is 5.45. The van der Waals surface area contributed by atoms with Crippen molar-refractivity contribution in [2.24, 2.45) is 0 Å². The average Bonchev–Trinajstić information content (AvgIpc) is 2.61. The first-order chi connectivity index (χ1) is 11.7. The third-order valence-corrected chi connectivity index (χ3v) is 3.57. The number of benzene rings is 2. The zero-order valence-corrected chi connectivity index (χ0v) is 13.4. The summed E-state index contributed by atoms with van der Waals surface area (Å²) in [5, 5.41) is 2.88. The third-order valence-electron chi connectivity index (χ3n) is 3.57. The predicted molar refractivity (Wildman–Crippen MR) is 98.4 cm³/mol. The lowest BCUT2D eigenvalue weighted by molar-refractivity contribution is -0.111. The summed E-state index contributed by atoms with van der Waals surface area (Å²) in [5.74, 6) is 0.373. The van der Waals surface area contributed by atoms with Crippen LogP contribution in [0.2, 0.25) is 0 Å². The Labute approximate surface area is 141 Å². The van der Waals surface area contributed by atoms with Crippen molar-refractivity contribution in [3.8, 4) is 0 Å². The van der Waals surface area contributed by atoms with Gasteiger partial charge in [-0.2, -0.15) is 0 Å². The molecule has 0 bridgehead atoms. The number of nitrogens with one attached hydrogen (secondary N) is 1. The summed E-state index contributed by atoms with van der Waals surface area (Å²) in [6, 6.07) is 25.0. The number of hydrogen-bond donors (Lipinski definition) is 1. The Kier molecular flexibility index (Phi) is 4.82. The van der Waals surface area contributed by atoms with E-state index >= 15 is 0 Å². The molecule has 2 aromatic carbocycles. The molecule has 0 aliphatic carbocycles. The molecule has 1 aromatic heterocycles. The normalized spacial score (nSPS) is 11.1. The van der Waals surface area contributed by atoms with Crippen molar-refractivity contribution < 1.29 is 4.79 Å². The number of aromatic nitrogens is 1. The van der Waals surface area contributed by atoms with Crippen LogP contribution in [0, 0.1) is 6.92 Å². The van der Waals surface area contributed by atoms with Crippen molar-refractivity contribution in [1.82, 2.24) is 4.98 Å². The van der Waals surface area contributed by atoms with Crippen molar-refractivity contribution in [2.75, 3.05) is 5.32 Å². The SMILES string of the molecule is Cc1cccc(NC(=O)C(=Cc2ccccc2)c2ccccc2)n1. The lowest BCUT2D eigenvalue weighted by Gasteiger charge is -2.10. The molecule has 0 unspecified atom stereocenters. The zero-order valence-electron chi connectivity index (χ0n) is 13.4. The van der Waals surface area contributed by atoms with Crippen LogP contribution in [0.1, 0.15) is 16.8 Å². The van der Waals surface area contributed by atoms with E-state index in [1.54, 1.807) is 6.07 Å². The number of anilines is 1. The van der Waals surface area contributed by atoms with Crippen LogP contribution in [-0.4, -0.2) is 10.9 Å². The molecule has 118 valence electrons. The highest BCUT2D eigenvalue weighted by molar-refractivity contribution is 6.29. The number of rotatable bonds is 4. The van der Waals surface area contributed by atoms with E-state index in [9.17, 15) is 4.79 Å². The Hall–Kier alpha value is -3.20. The molecule has 1 amide bonds. The van der Waals surface area contributed by atoms with Gasteiger partial charge in [0.15, 0.2) is 0 Å². The van der Waals surface area contributed by atoms with E-state index in [1.165, 1.54) is 0 Å². The second-order valence-corrected chi connectivity index (χ2v) is 5.45. The van der Waals surface area contributed by atoms with Gasteiger partial charge in [0.05, 0.1) is 0 Å². The largest absolute Gasteiger partial charge is 0.307 e. The monoisotopic (exact) mass is 314 g/mol. The smallest absolute Gasteiger partial charge is 0.257 e. The molecule has 0 saturated heterocycles. The summed E-state index contributed by atoms with van der Waals surface area (Å²) in [5.41, 5.74) is 3.31. The summed E-state index contributed by atoms with van der Waals surface area (Å²) in [7, 11) is 0. The van der Waals surface area contributed by atoms with Gasteiger partial charge in [0, 0.05) is 11.3 Å². The molecule has 0 radical (unpaired) electrons. The number of aryl methyl sites for hydroxylation is 1.